The molecule has 0 aliphatic carbocycles. The van der Waals surface area contributed by atoms with Crippen LogP contribution in [0.5, 0.6) is 0 Å². The van der Waals surface area contributed by atoms with Gasteiger partial charge in [0.2, 0.25) is 5.62 Å². The molecule has 1 aromatic carbocycles. The zero-order valence-corrected chi connectivity index (χ0v) is 11.0. The van der Waals surface area contributed by atoms with Gasteiger partial charge in [0, 0.05) is 23.5 Å². The highest BCUT2D eigenvalue weighted by Gasteiger charge is 2.08. The van der Waals surface area contributed by atoms with Crippen molar-refractivity contribution in [1.29, 1.82) is 5.41 Å². The average molecular weight is 281 g/mol. The molecule has 0 bridgehead atoms. The number of hydrogen-bond donors (Lipinski definition) is 2. The van der Waals surface area contributed by atoms with E-state index in [4.69, 9.17) is 11.3 Å². The smallest absolute Gasteiger partial charge is 0.241 e. The van der Waals surface area contributed by atoms with E-state index in [1.54, 1.807) is 42.7 Å². The molecule has 3 aromatic rings. The Morgan fingerprint density at radius 3 is 2.33 bits per heavy atom. The fourth-order valence-corrected chi connectivity index (χ4v) is 2.03. The van der Waals surface area contributed by atoms with Gasteiger partial charge in [-0.2, -0.15) is 0 Å². The second-order valence-electron chi connectivity index (χ2n) is 4.46. The first kappa shape index (κ1) is 13.0. The first-order valence-corrected chi connectivity index (χ1v) is 6.25. The molecular weight excluding hydrogens is 269 g/mol. The summed E-state index contributed by atoms with van der Waals surface area (Å²) < 4.78 is 14.2. The molecule has 2 aromatic heterocycles. The number of nitrogens with zero attached hydrogens (tertiary/aromatic N) is 3. The largest absolute Gasteiger partial charge is 0.336 e. The maximum absolute atomic E-state index is 13.0. The highest BCUT2D eigenvalue weighted by atomic mass is 19.1. The molecule has 0 radical (unpaired) electrons. The summed E-state index contributed by atoms with van der Waals surface area (Å²) >= 11 is 0. The number of nitrogens with two attached hydrogens (primary N) is 1. The zero-order valence-electron chi connectivity index (χ0n) is 11.0. The van der Waals surface area contributed by atoms with Crippen LogP contribution in [0.15, 0.2) is 54.9 Å². The molecule has 0 aliphatic rings. The number of aromatic nitrogens is 3. The van der Waals surface area contributed by atoms with Crippen LogP contribution in [0.4, 0.5) is 4.39 Å². The summed E-state index contributed by atoms with van der Waals surface area (Å²) in [6, 6.07) is 11.3. The number of benzene rings is 1. The summed E-state index contributed by atoms with van der Waals surface area (Å²) in [5, 5.41) is 7.88. The molecule has 2 heterocycles. The highest BCUT2D eigenvalue weighted by Crippen LogP contribution is 2.22. The number of pyridine rings is 1. The fraction of sp³-hybridized carbons (Fsp3) is 0. The average Bonchev–Trinajstić information content (AvgIpc) is 2.51. The van der Waals surface area contributed by atoms with Crippen molar-refractivity contribution in [3.05, 3.63) is 66.3 Å². The number of rotatable bonds is 2. The van der Waals surface area contributed by atoms with Gasteiger partial charge in [-0.1, -0.05) is 0 Å². The molecule has 0 amide bonds. The van der Waals surface area contributed by atoms with Crippen LogP contribution >= 0.6 is 0 Å². The van der Waals surface area contributed by atoms with Crippen LogP contribution in [0.25, 0.3) is 22.5 Å². The topological polar surface area (TPSA) is 80.6 Å². The molecule has 0 unspecified atom stereocenters. The molecule has 3 rings (SSSR count). The van der Waals surface area contributed by atoms with Crippen LogP contribution < -0.4 is 11.5 Å². The second-order valence-corrected chi connectivity index (χ2v) is 4.46. The predicted octanol–water partition coefficient (Wildman–Crippen LogP) is 1.94. The van der Waals surface area contributed by atoms with E-state index in [0.717, 1.165) is 11.1 Å². The van der Waals surface area contributed by atoms with E-state index < -0.39 is 0 Å². The number of hydrogen-bond acceptors (Lipinski definition) is 4. The van der Waals surface area contributed by atoms with E-state index in [-0.39, 0.29) is 11.4 Å². The zero-order chi connectivity index (χ0) is 14.8. The Bertz CT molecular complexity index is 825. The van der Waals surface area contributed by atoms with E-state index in [1.807, 2.05) is 0 Å². The van der Waals surface area contributed by atoms with Gasteiger partial charge < -0.3 is 5.84 Å². The molecule has 0 aliphatic heterocycles. The second kappa shape index (κ2) is 5.16. The lowest BCUT2D eigenvalue weighted by atomic mass is 10.1. The molecule has 0 saturated heterocycles. The van der Waals surface area contributed by atoms with Gasteiger partial charge in [-0.3, -0.25) is 10.4 Å². The van der Waals surface area contributed by atoms with Crippen LogP contribution in [-0.4, -0.2) is 14.6 Å². The predicted molar refractivity (Wildman–Crippen MR) is 76.9 cm³/mol. The number of halogens is 1. The maximum atomic E-state index is 13.0. The minimum absolute atomic E-state index is 0.0800. The normalized spacial score (nSPS) is 10.5. The van der Waals surface area contributed by atoms with Crippen molar-refractivity contribution in [2.45, 2.75) is 0 Å². The van der Waals surface area contributed by atoms with E-state index in [0.29, 0.717) is 11.4 Å². The van der Waals surface area contributed by atoms with Crippen molar-refractivity contribution >= 4 is 0 Å². The lowest BCUT2D eigenvalue weighted by molar-refractivity contribution is 0.628. The molecule has 0 saturated carbocycles. The third kappa shape index (κ3) is 2.51. The van der Waals surface area contributed by atoms with E-state index in [2.05, 4.69) is 9.97 Å². The first-order valence-electron chi connectivity index (χ1n) is 6.25. The Morgan fingerprint density at radius 2 is 1.67 bits per heavy atom. The van der Waals surface area contributed by atoms with Crippen molar-refractivity contribution in [3.63, 3.8) is 0 Å². The third-order valence-electron chi connectivity index (χ3n) is 3.10. The molecule has 104 valence electrons. The molecule has 0 atom stereocenters. The van der Waals surface area contributed by atoms with Crippen molar-refractivity contribution in [3.8, 4) is 22.5 Å². The SMILES string of the molecule is N=c1nc(-c2ccc(F)cc2)cc(-c2ccncc2)n1N. The van der Waals surface area contributed by atoms with Crippen molar-refractivity contribution in [2.24, 2.45) is 0 Å². The van der Waals surface area contributed by atoms with Gasteiger partial charge in [0.15, 0.2) is 0 Å². The number of nitrogens with one attached hydrogen (secondary N) is 1. The Labute approximate surface area is 120 Å². The van der Waals surface area contributed by atoms with E-state index in [9.17, 15) is 4.39 Å². The van der Waals surface area contributed by atoms with Crippen LogP contribution in [-0.2, 0) is 0 Å². The van der Waals surface area contributed by atoms with Gasteiger partial charge in [-0.25, -0.2) is 14.1 Å². The van der Waals surface area contributed by atoms with Gasteiger partial charge in [-0.15, -0.1) is 0 Å². The molecule has 21 heavy (non-hydrogen) atoms. The minimum Gasteiger partial charge on any atom is -0.336 e. The van der Waals surface area contributed by atoms with Crippen molar-refractivity contribution in [1.82, 2.24) is 14.6 Å². The van der Waals surface area contributed by atoms with Gasteiger partial charge in [0.1, 0.15) is 5.82 Å². The monoisotopic (exact) mass is 281 g/mol. The molecular formula is C15H12FN5. The van der Waals surface area contributed by atoms with Gasteiger partial charge in [-0.05, 0) is 42.5 Å². The summed E-state index contributed by atoms with van der Waals surface area (Å²) in [6.45, 7) is 0. The Hall–Kier alpha value is -3.02. The Balaban J connectivity index is 2.19. The summed E-state index contributed by atoms with van der Waals surface area (Å²) in [6.07, 6.45) is 3.30. The molecule has 0 spiro atoms. The molecule has 3 N–H and O–H groups in total. The van der Waals surface area contributed by atoms with Crippen molar-refractivity contribution in [2.75, 3.05) is 5.84 Å². The standard InChI is InChI=1S/C15H12FN5/c16-12-3-1-10(2-4-12)13-9-14(21(18)15(17)20-13)11-5-7-19-8-6-11/h1-9,17H,18H2. The van der Waals surface area contributed by atoms with Crippen LogP contribution in [0.1, 0.15) is 0 Å². The lowest BCUT2D eigenvalue weighted by Crippen LogP contribution is -2.31. The van der Waals surface area contributed by atoms with E-state index >= 15 is 0 Å². The summed E-state index contributed by atoms with van der Waals surface area (Å²) in [5.41, 5.74) is 2.67. The first-order chi connectivity index (χ1) is 10.1. The third-order valence-corrected chi connectivity index (χ3v) is 3.10. The number of nitrogen functional groups attached to an aromatic ring is 1. The summed E-state index contributed by atoms with van der Waals surface area (Å²) in [4.78, 5) is 8.08. The summed E-state index contributed by atoms with van der Waals surface area (Å²) in [7, 11) is 0. The van der Waals surface area contributed by atoms with Crippen molar-refractivity contribution < 1.29 is 4.39 Å². The lowest BCUT2D eigenvalue weighted by Gasteiger charge is -2.10. The highest BCUT2D eigenvalue weighted by molar-refractivity contribution is 5.67. The van der Waals surface area contributed by atoms with E-state index in [1.165, 1.54) is 16.8 Å². The quantitative estimate of drug-likeness (QED) is 0.704. The molecule has 5 nitrogen and oxygen atoms in total. The van der Waals surface area contributed by atoms with Crippen LogP contribution in [0.2, 0.25) is 0 Å². The Kier molecular flexibility index (Phi) is 3.19. The van der Waals surface area contributed by atoms with Crippen LogP contribution in [0, 0.1) is 11.2 Å². The molecule has 0 fully saturated rings. The maximum Gasteiger partial charge on any atom is 0.241 e. The Morgan fingerprint density at radius 1 is 1.00 bits per heavy atom. The van der Waals surface area contributed by atoms with Gasteiger partial charge >= 0.3 is 0 Å². The van der Waals surface area contributed by atoms with Gasteiger partial charge in [0.25, 0.3) is 0 Å². The minimum atomic E-state index is -0.316. The fourth-order valence-electron chi connectivity index (χ4n) is 2.03. The molecule has 6 heteroatoms. The summed E-state index contributed by atoms with van der Waals surface area (Å²) in [5.74, 6) is 5.56. The van der Waals surface area contributed by atoms with Gasteiger partial charge in [0.05, 0.1) is 11.4 Å². The van der Waals surface area contributed by atoms with Crippen LogP contribution in [0.3, 0.4) is 0 Å².